The fourth-order valence-corrected chi connectivity index (χ4v) is 3.21. The van der Waals surface area contributed by atoms with Crippen molar-refractivity contribution in [2.45, 2.75) is 78.7 Å². The lowest BCUT2D eigenvalue weighted by molar-refractivity contribution is -0.140. The summed E-state index contributed by atoms with van der Waals surface area (Å²) in [6, 6.07) is 7.61. The third-order valence-corrected chi connectivity index (χ3v) is 5.26. The highest BCUT2D eigenvalue weighted by Crippen LogP contribution is 2.23. The van der Waals surface area contributed by atoms with Gasteiger partial charge in [-0.1, -0.05) is 47.0 Å². The number of unbranched alkanes of at least 4 members (excludes halogenated alkanes) is 2. The van der Waals surface area contributed by atoms with Crippen molar-refractivity contribution < 1.29 is 14.3 Å². The highest BCUT2D eigenvalue weighted by molar-refractivity contribution is 5.97. The number of nitrogens with zero attached hydrogens (tertiary/aromatic N) is 1. The molecule has 1 aromatic rings. The first-order chi connectivity index (χ1) is 14.0. The normalized spacial score (nSPS) is 13.3. The van der Waals surface area contributed by atoms with E-state index < -0.39 is 5.60 Å². The number of hydrogen-bond acceptors (Lipinski definition) is 4. The second kappa shape index (κ2) is 14.4. The molecule has 0 heterocycles. The fourth-order valence-electron chi connectivity index (χ4n) is 3.21. The molecular weight excluding hydrogens is 364 g/mol. The molecule has 0 aliphatic heterocycles. The number of hydrogen-bond donors (Lipinski definition) is 1. The van der Waals surface area contributed by atoms with Crippen molar-refractivity contribution in [1.82, 2.24) is 4.90 Å². The van der Waals surface area contributed by atoms with Crippen molar-refractivity contribution in [3.8, 4) is 5.75 Å². The summed E-state index contributed by atoms with van der Waals surface area (Å²) in [6.07, 6.45) is 5.87. The van der Waals surface area contributed by atoms with Crippen LogP contribution in [0.4, 0.5) is 5.69 Å². The number of nitrogens with one attached hydrogen (secondary N) is 1. The molecule has 1 atom stereocenters. The minimum absolute atomic E-state index is 0.0741. The van der Waals surface area contributed by atoms with Gasteiger partial charge in [-0.25, -0.2) is 0 Å². The lowest BCUT2D eigenvalue weighted by Gasteiger charge is -2.28. The fraction of sp³-hybridized carbons (Fsp3) is 0.708. The van der Waals surface area contributed by atoms with E-state index >= 15 is 0 Å². The van der Waals surface area contributed by atoms with Crippen molar-refractivity contribution >= 4 is 11.6 Å². The second-order valence-corrected chi connectivity index (χ2v) is 7.74. The van der Waals surface area contributed by atoms with Gasteiger partial charge in [-0.15, -0.1) is 0 Å². The number of rotatable bonds is 16. The van der Waals surface area contributed by atoms with Crippen LogP contribution in [0.3, 0.4) is 0 Å². The molecule has 1 rings (SSSR count). The molecule has 29 heavy (non-hydrogen) atoms. The van der Waals surface area contributed by atoms with Gasteiger partial charge in [0.1, 0.15) is 11.4 Å². The molecule has 1 amide bonds. The largest absolute Gasteiger partial charge is 0.494 e. The first kappa shape index (κ1) is 25.4. The summed E-state index contributed by atoms with van der Waals surface area (Å²) in [7, 11) is 0. The first-order valence-electron chi connectivity index (χ1n) is 11.4. The average Bonchev–Trinajstić information content (AvgIpc) is 2.73. The van der Waals surface area contributed by atoms with Gasteiger partial charge in [0.25, 0.3) is 5.91 Å². The van der Waals surface area contributed by atoms with Crippen LogP contribution in [0, 0.1) is 0 Å². The molecule has 5 nitrogen and oxygen atoms in total. The van der Waals surface area contributed by atoms with E-state index in [1.54, 1.807) is 0 Å². The molecule has 0 aliphatic rings. The highest BCUT2D eigenvalue weighted by atomic mass is 16.5. The molecule has 0 unspecified atom stereocenters. The summed E-state index contributed by atoms with van der Waals surface area (Å²) in [4.78, 5) is 15.3. The van der Waals surface area contributed by atoms with E-state index in [1.807, 2.05) is 31.2 Å². The van der Waals surface area contributed by atoms with Crippen molar-refractivity contribution in [3.63, 3.8) is 0 Å². The molecule has 1 aromatic carbocycles. The van der Waals surface area contributed by atoms with E-state index in [2.05, 4.69) is 37.9 Å². The van der Waals surface area contributed by atoms with E-state index in [0.717, 1.165) is 69.6 Å². The van der Waals surface area contributed by atoms with Gasteiger partial charge in [0.15, 0.2) is 0 Å². The van der Waals surface area contributed by atoms with E-state index in [1.165, 1.54) is 0 Å². The van der Waals surface area contributed by atoms with Crippen molar-refractivity contribution in [3.05, 3.63) is 24.3 Å². The van der Waals surface area contributed by atoms with E-state index in [0.29, 0.717) is 13.2 Å². The zero-order chi connectivity index (χ0) is 21.5. The number of ether oxygens (including phenoxy) is 2. The quantitative estimate of drug-likeness (QED) is 0.368. The molecule has 0 saturated carbocycles. The Morgan fingerprint density at radius 2 is 1.66 bits per heavy atom. The summed E-state index contributed by atoms with van der Waals surface area (Å²) in [5.41, 5.74) is -0.0163. The Morgan fingerprint density at radius 1 is 0.966 bits per heavy atom. The smallest absolute Gasteiger partial charge is 0.256 e. The van der Waals surface area contributed by atoms with Crippen LogP contribution in [0.5, 0.6) is 5.75 Å². The standard InChI is InChI=1S/C24H42N2O3/c1-6-10-11-17-24(5,29-19-7-2)23(27)25-21-13-15-22(16-14-21)28-20-12-18-26(8-3)9-4/h13-16H,6-12,17-20H2,1-5H3,(H,25,27)/t24-/m0/s1. The maximum absolute atomic E-state index is 12.9. The molecule has 0 bridgehead atoms. The number of carbonyl (C=O) groups excluding carboxylic acids is 1. The zero-order valence-corrected chi connectivity index (χ0v) is 19.3. The summed E-state index contributed by atoms with van der Waals surface area (Å²) < 4.78 is 11.8. The minimum atomic E-state index is -0.787. The van der Waals surface area contributed by atoms with Crippen LogP contribution in [-0.4, -0.2) is 49.3 Å². The Kier molecular flexibility index (Phi) is 12.6. The number of carbonyl (C=O) groups is 1. The molecule has 0 fully saturated rings. The van der Waals surface area contributed by atoms with Gasteiger partial charge in [0.2, 0.25) is 0 Å². The average molecular weight is 407 g/mol. The van der Waals surface area contributed by atoms with E-state index in [-0.39, 0.29) is 5.91 Å². The van der Waals surface area contributed by atoms with Crippen LogP contribution in [0.15, 0.2) is 24.3 Å². The van der Waals surface area contributed by atoms with Crippen molar-refractivity contribution in [1.29, 1.82) is 0 Å². The van der Waals surface area contributed by atoms with Crippen LogP contribution in [0.1, 0.15) is 73.1 Å². The molecule has 0 saturated heterocycles. The summed E-state index contributed by atoms with van der Waals surface area (Å²) in [6.45, 7) is 15.0. The zero-order valence-electron chi connectivity index (χ0n) is 19.3. The lowest BCUT2D eigenvalue weighted by Crippen LogP contribution is -2.43. The van der Waals surface area contributed by atoms with Gasteiger partial charge >= 0.3 is 0 Å². The number of benzene rings is 1. The highest BCUT2D eigenvalue weighted by Gasteiger charge is 2.33. The van der Waals surface area contributed by atoms with Crippen LogP contribution in [0.25, 0.3) is 0 Å². The Balaban J connectivity index is 2.55. The van der Waals surface area contributed by atoms with Gasteiger partial charge in [0, 0.05) is 18.8 Å². The molecule has 0 aliphatic carbocycles. The van der Waals surface area contributed by atoms with Crippen LogP contribution < -0.4 is 10.1 Å². The minimum Gasteiger partial charge on any atom is -0.494 e. The topological polar surface area (TPSA) is 50.8 Å². The van der Waals surface area contributed by atoms with Gasteiger partial charge in [-0.3, -0.25) is 4.79 Å². The molecule has 0 spiro atoms. The molecule has 0 radical (unpaired) electrons. The second-order valence-electron chi connectivity index (χ2n) is 7.74. The number of amides is 1. The van der Waals surface area contributed by atoms with Crippen LogP contribution in [-0.2, 0) is 9.53 Å². The Hall–Kier alpha value is -1.59. The third-order valence-electron chi connectivity index (χ3n) is 5.26. The predicted octanol–water partition coefficient (Wildman–Crippen LogP) is 5.50. The Morgan fingerprint density at radius 3 is 2.24 bits per heavy atom. The van der Waals surface area contributed by atoms with Gasteiger partial charge in [-0.2, -0.15) is 0 Å². The van der Waals surface area contributed by atoms with Gasteiger partial charge in [0.05, 0.1) is 6.61 Å². The monoisotopic (exact) mass is 406 g/mol. The number of anilines is 1. The van der Waals surface area contributed by atoms with Gasteiger partial charge in [-0.05, 0) is 63.5 Å². The molecule has 1 N–H and O–H groups in total. The summed E-state index contributed by atoms with van der Waals surface area (Å²) >= 11 is 0. The lowest BCUT2D eigenvalue weighted by atomic mass is 9.96. The molecular formula is C24H42N2O3. The first-order valence-corrected chi connectivity index (χ1v) is 11.4. The Bertz CT molecular complexity index is 558. The molecule has 166 valence electrons. The summed E-state index contributed by atoms with van der Waals surface area (Å²) in [5.74, 6) is 0.755. The Labute approximate surface area is 178 Å². The molecule has 5 heteroatoms. The predicted molar refractivity (Wildman–Crippen MR) is 122 cm³/mol. The van der Waals surface area contributed by atoms with Crippen molar-refractivity contribution in [2.24, 2.45) is 0 Å². The van der Waals surface area contributed by atoms with Crippen LogP contribution >= 0.6 is 0 Å². The van der Waals surface area contributed by atoms with Crippen molar-refractivity contribution in [2.75, 3.05) is 38.2 Å². The SMILES string of the molecule is CCCCC[C@](C)(OCCC)C(=O)Nc1ccc(OCCCN(CC)CC)cc1. The van der Waals surface area contributed by atoms with Gasteiger partial charge < -0.3 is 19.7 Å². The summed E-state index contributed by atoms with van der Waals surface area (Å²) in [5, 5.41) is 3.02. The maximum atomic E-state index is 12.9. The molecule has 0 aromatic heterocycles. The maximum Gasteiger partial charge on any atom is 0.256 e. The van der Waals surface area contributed by atoms with Crippen LogP contribution in [0.2, 0.25) is 0 Å². The third kappa shape index (κ3) is 9.64. The van der Waals surface area contributed by atoms with E-state index in [4.69, 9.17) is 9.47 Å². The van der Waals surface area contributed by atoms with E-state index in [9.17, 15) is 4.79 Å².